The number of methoxy groups -OCH3 is 1. The van der Waals surface area contributed by atoms with Crippen molar-refractivity contribution in [1.82, 2.24) is 14.7 Å². The number of rotatable bonds is 8. The highest BCUT2D eigenvalue weighted by molar-refractivity contribution is 7.92. The molecule has 0 aromatic heterocycles. The van der Waals surface area contributed by atoms with E-state index in [9.17, 15) is 18.0 Å². The molecule has 2 aromatic carbocycles. The number of anilines is 1. The van der Waals surface area contributed by atoms with Gasteiger partial charge in [0.25, 0.3) is 15.9 Å². The van der Waals surface area contributed by atoms with Gasteiger partial charge in [0.05, 0.1) is 13.7 Å². The Hall–Kier alpha value is -3.11. The van der Waals surface area contributed by atoms with Gasteiger partial charge in [-0.3, -0.25) is 19.2 Å². The summed E-state index contributed by atoms with van der Waals surface area (Å²) in [5.74, 6) is -0.0900. The van der Waals surface area contributed by atoms with Crippen molar-refractivity contribution in [3.05, 3.63) is 53.6 Å². The van der Waals surface area contributed by atoms with Crippen LogP contribution in [0.4, 0.5) is 5.69 Å². The van der Waals surface area contributed by atoms with Crippen LogP contribution in [-0.4, -0.2) is 88.9 Å². The van der Waals surface area contributed by atoms with Gasteiger partial charge in [0.1, 0.15) is 10.6 Å². The van der Waals surface area contributed by atoms with Crippen LogP contribution in [0.2, 0.25) is 0 Å². The number of sulfonamides is 1. The number of ether oxygens (including phenoxy) is 1. The Labute approximate surface area is 201 Å². The smallest absolute Gasteiger partial charge is 0.265 e. The number of nitrogens with zero attached hydrogens (tertiary/aromatic N) is 3. The molecular weight excluding hydrogens is 456 g/mol. The molecule has 1 aliphatic rings. The highest BCUT2D eigenvalue weighted by atomic mass is 32.2. The third-order valence-corrected chi connectivity index (χ3v) is 7.23. The van der Waals surface area contributed by atoms with Crippen LogP contribution in [-0.2, 0) is 21.2 Å². The lowest BCUT2D eigenvalue weighted by molar-refractivity contribution is -0.130. The van der Waals surface area contributed by atoms with E-state index in [1.165, 1.54) is 19.2 Å². The van der Waals surface area contributed by atoms with E-state index in [4.69, 9.17) is 4.74 Å². The first-order valence-electron chi connectivity index (χ1n) is 11.2. The van der Waals surface area contributed by atoms with Crippen molar-refractivity contribution in [2.24, 2.45) is 0 Å². The maximum Gasteiger partial charge on any atom is 0.265 e. The zero-order valence-electron chi connectivity index (χ0n) is 20.1. The molecule has 0 unspecified atom stereocenters. The number of benzene rings is 2. The predicted molar refractivity (Wildman–Crippen MR) is 131 cm³/mol. The second-order valence-corrected chi connectivity index (χ2v) is 10.0. The second kappa shape index (κ2) is 10.9. The highest BCUT2D eigenvalue weighted by Crippen LogP contribution is 2.28. The summed E-state index contributed by atoms with van der Waals surface area (Å²) < 4.78 is 34.1. The van der Waals surface area contributed by atoms with Gasteiger partial charge in [-0.1, -0.05) is 19.1 Å². The lowest BCUT2D eigenvalue weighted by Crippen LogP contribution is -2.51. The molecule has 2 aromatic rings. The van der Waals surface area contributed by atoms with Crippen molar-refractivity contribution in [1.29, 1.82) is 0 Å². The van der Waals surface area contributed by atoms with E-state index >= 15 is 0 Å². The molecule has 0 bridgehead atoms. The summed E-state index contributed by atoms with van der Waals surface area (Å²) in [6.07, 6.45) is 0.852. The van der Waals surface area contributed by atoms with Crippen molar-refractivity contribution in [3.63, 3.8) is 0 Å². The fraction of sp³-hybridized carbons (Fsp3) is 0.417. The summed E-state index contributed by atoms with van der Waals surface area (Å²) >= 11 is 0. The molecule has 1 fully saturated rings. The average molecular weight is 489 g/mol. The largest absolute Gasteiger partial charge is 0.495 e. The fourth-order valence-corrected chi connectivity index (χ4v) is 4.92. The molecule has 1 heterocycles. The van der Waals surface area contributed by atoms with Crippen LogP contribution < -0.4 is 9.46 Å². The van der Waals surface area contributed by atoms with Crippen molar-refractivity contribution < 1.29 is 22.7 Å². The Bertz CT molecular complexity index is 1120. The molecule has 1 aliphatic heterocycles. The van der Waals surface area contributed by atoms with E-state index in [1.54, 1.807) is 42.1 Å². The SMILES string of the molecule is CCc1ccc(NS(=O)(=O)c2cc(C(=O)N3CCN(CC(=O)N(C)C)CC3)ccc2OC)cc1. The normalized spacial score (nSPS) is 14.5. The predicted octanol–water partition coefficient (Wildman–Crippen LogP) is 1.90. The van der Waals surface area contributed by atoms with E-state index in [2.05, 4.69) is 4.72 Å². The van der Waals surface area contributed by atoms with Crippen LogP contribution >= 0.6 is 0 Å². The van der Waals surface area contributed by atoms with Gasteiger partial charge < -0.3 is 14.5 Å². The molecule has 1 saturated heterocycles. The van der Waals surface area contributed by atoms with Crippen LogP contribution in [0.1, 0.15) is 22.8 Å². The highest BCUT2D eigenvalue weighted by Gasteiger charge is 2.26. The molecule has 10 heteroatoms. The number of amides is 2. The molecule has 184 valence electrons. The number of hydrogen-bond acceptors (Lipinski definition) is 6. The van der Waals surface area contributed by atoms with Gasteiger partial charge in [0.2, 0.25) is 5.91 Å². The third-order valence-electron chi connectivity index (χ3n) is 5.83. The summed E-state index contributed by atoms with van der Waals surface area (Å²) in [7, 11) is 0.830. The Balaban J connectivity index is 1.75. The summed E-state index contributed by atoms with van der Waals surface area (Å²) in [6, 6.07) is 11.6. The van der Waals surface area contributed by atoms with Gasteiger partial charge in [0, 0.05) is 51.5 Å². The zero-order valence-corrected chi connectivity index (χ0v) is 20.9. The van der Waals surface area contributed by atoms with Crippen LogP contribution in [0.3, 0.4) is 0 Å². The molecule has 0 atom stereocenters. The zero-order chi connectivity index (χ0) is 24.9. The van der Waals surface area contributed by atoms with Crippen molar-refractivity contribution >= 4 is 27.5 Å². The summed E-state index contributed by atoms with van der Waals surface area (Å²) in [5.41, 5.74) is 1.79. The lowest BCUT2D eigenvalue weighted by atomic mass is 10.1. The Morgan fingerprint density at radius 3 is 2.24 bits per heavy atom. The standard InChI is InChI=1S/C24H32N4O5S/c1-5-18-6-9-20(10-7-18)25-34(31,32)22-16-19(8-11-21(22)33-4)24(30)28-14-12-27(13-15-28)17-23(29)26(2)3/h6-11,16,25H,5,12-15,17H2,1-4H3. The van der Waals surface area contributed by atoms with Crippen LogP contribution in [0.25, 0.3) is 0 Å². The van der Waals surface area contributed by atoms with Crippen molar-refractivity contribution in [2.45, 2.75) is 18.2 Å². The quantitative estimate of drug-likeness (QED) is 0.609. The van der Waals surface area contributed by atoms with E-state index < -0.39 is 10.0 Å². The van der Waals surface area contributed by atoms with Gasteiger partial charge in [0.15, 0.2) is 0 Å². The van der Waals surface area contributed by atoms with Gasteiger partial charge in [-0.15, -0.1) is 0 Å². The second-order valence-electron chi connectivity index (χ2n) is 8.38. The fourth-order valence-electron chi connectivity index (χ4n) is 3.66. The molecule has 0 saturated carbocycles. The van der Waals surface area contributed by atoms with Crippen LogP contribution in [0, 0.1) is 0 Å². The third kappa shape index (κ3) is 6.06. The number of aryl methyl sites for hydroxylation is 1. The molecule has 3 rings (SSSR count). The Kier molecular flexibility index (Phi) is 8.16. The van der Waals surface area contributed by atoms with E-state index in [0.717, 1.165) is 12.0 Å². The van der Waals surface area contributed by atoms with Crippen LogP contribution in [0.5, 0.6) is 5.75 Å². The summed E-state index contributed by atoms with van der Waals surface area (Å²) in [4.78, 5) is 30.2. The number of likely N-dealkylation sites (N-methyl/N-ethyl adjacent to an activating group) is 1. The minimum atomic E-state index is -3.99. The molecule has 0 aliphatic carbocycles. The number of carbonyl (C=O) groups excluding carboxylic acids is 2. The first-order chi connectivity index (χ1) is 16.1. The minimum Gasteiger partial charge on any atom is -0.495 e. The van der Waals surface area contributed by atoms with Crippen molar-refractivity contribution in [3.8, 4) is 5.75 Å². The molecule has 2 amide bonds. The monoisotopic (exact) mass is 488 g/mol. The van der Waals surface area contributed by atoms with E-state index in [-0.39, 0.29) is 28.0 Å². The summed E-state index contributed by atoms with van der Waals surface area (Å²) in [5, 5.41) is 0. The first-order valence-corrected chi connectivity index (χ1v) is 12.6. The minimum absolute atomic E-state index is 0.0154. The Morgan fingerprint density at radius 2 is 1.68 bits per heavy atom. The number of carbonyl (C=O) groups is 2. The van der Waals surface area contributed by atoms with E-state index in [1.807, 2.05) is 24.0 Å². The first kappa shape index (κ1) is 25.5. The Morgan fingerprint density at radius 1 is 1.03 bits per heavy atom. The molecule has 9 nitrogen and oxygen atoms in total. The molecule has 34 heavy (non-hydrogen) atoms. The lowest BCUT2D eigenvalue weighted by Gasteiger charge is -2.34. The maximum atomic E-state index is 13.1. The molecule has 1 N–H and O–H groups in total. The van der Waals surface area contributed by atoms with Crippen LogP contribution in [0.15, 0.2) is 47.4 Å². The average Bonchev–Trinajstić information content (AvgIpc) is 2.83. The molecule has 0 spiro atoms. The van der Waals surface area contributed by atoms with Gasteiger partial charge in [-0.25, -0.2) is 8.42 Å². The van der Waals surface area contributed by atoms with Gasteiger partial charge >= 0.3 is 0 Å². The number of piperazine rings is 1. The molecular formula is C24H32N4O5S. The number of nitrogens with one attached hydrogen (secondary N) is 1. The topological polar surface area (TPSA) is 99.3 Å². The number of hydrogen-bond donors (Lipinski definition) is 1. The van der Waals surface area contributed by atoms with Crippen molar-refractivity contribution in [2.75, 3.05) is 58.7 Å². The van der Waals surface area contributed by atoms with Gasteiger partial charge in [-0.2, -0.15) is 0 Å². The maximum absolute atomic E-state index is 13.1. The molecule has 0 radical (unpaired) electrons. The summed E-state index contributed by atoms with van der Waals surface area (Å²) in [6.45, 7) is 4.38. The van der Waals surface area contributed by atoms with Gasteiger partial charge in [-0.05, 0) is 42.3 Å². The van der Waals surface area contributed by atoms with E-state index in [0.29, 0.717) is 38.4 Å².